The summed E-state index contributed by atoms with van der Waals surface area (Å²) in [6, 6.07) is 48.1. The maximum Gasteiger partial charge on any atom is 0.135 e. The van der Waals surface area contributed by atoms with Crippen molar-refractivity contribution in [1.29, 1.82) is 0 Å². The minimum absolute atomic E-state index is 0.281. The average molecular weight is 542 g/mol. The highest BCUT2D eigenvalue weighted by atomic mass is 16.3. The number of rotatable bonds is 4. The van der Waals surface area contributed by atoms with Crippen LogP contribution in [0.1, 0.15) is 5.56 Å². The first-order chi connectivity index (χ1) is 20.7. The fourth-order valence-electron chi connectivity index (χ4n) is 6.29. The number of hydrogen-bond donors (Lipinski definition) is 1. The Bertz CT molecular complexity index is 2300. The molecular formula is C39H27NO2. The van der Waals surface area contributed by atoms with Crippen molar-refractivity contribution in [3.8, 4) is 16.9 Å². The van der Waals surface area contributed by atoms with Crippen LogP contribution in [-0.4, -0.2) is 5.11 Å². The molecule has 8 aromatic rings. The van der Waals surface area contributed by atoms with E-state index in [1.807, 2.05) is 30.3 Å². The van der Waals surface area contributed by atoms with Crippen molar-refractivity contribution in [2.75, 3.05) is 4.90 Å². The van der Waals surface area contributed by atoms with Crippen LogP contribution in [-0.2, 0) is 0 Å². The molecule has 1 aromatic heterocycles. The predicted molar refractivity (Wildman–Crippen MR) is 175 cm³/mol. The number of furan rings is 1. The topological polar surface area (TPSA) is 36.6 Å². The van der Waals surface area contributed by atoms with Crippen LogP contribution in [0.2, 0.25) is 0 Å². The summed E-state index contributed by atoms with van der Waals surface area (Å²) < 4.78 is 6.18. The molecule has 0 aliphatic rings. The van der Waals surface area contributed by atoms with Gasteiger partial charge in [-0.05, 0) is 82.7 Å². The second-order valence-corrected chi connectivity index (χ2v) is 10.8. The molecule has 0 atom stereocenters. The fourth-order valence-corrected chi connectivity index (χ4v) is 6.29. The lowest BCUT2D eigenvalue weighted by Crippen LogP contribution is -2.11. The summed E-state index contributed by atoms with van der Waals surface area (Å²) in [4.78, 5) is 2.34. The Hall–Kier alpha value is -5.54. The SMILES string of the molecule is Cc1cc(N(c2ccc3oc4ccccc4c3c2)c2cc3ccccc3c3ccccc23)ccc1-c1ccccc1O. The van der Waals surface area contributed by atoms with Crippen LogP contribution >= 0.6 is 0 Å². The molecule has 0 spiro atoms. The molecule has 7 aromatic carbocycles. The Morgan fingerprint density at radius 2 is 1.14 bits per heavy atom. The van der Waals surface area contributed by atoms with E-state index in [1.54, 1.807) is 6.07 Å². The van der Waals surface area contributed by atoms with Crippen molar-refractivity contribution in [1.82, 2.24) is 0 Å². The summed E-state index contributed by atoms with van der Waals surface area (Å²) in [6.07, 6.45) is 0. The standard InChI is InChI=1S/C39H27NO2/c1-25-22-27(18-20-29(25)33-14-6-8-16-37(33)41)40(28-19-21-39-35(24-28)34-15-7-9-17-38(34)42-39)36-23-26-10-2-3-11-30(26)31-12-4-5-13-32(31)36/h2-24,41H,1H3. The highest BCUT2D eigenvalue weighted by Crippen LogP contribution is 2.44. The maximum absolute atomic E-state index is 10.6. The monoisotopic (exact) mass is 541 g/mol. The Morgan fingerprint density at radius 3 is 1.98 bits per heavy atom. The van der Waals surface area contributed by atoms with Gasteiger partial charge in [0.25, 0.3) is 0 Å². The van der Waals surface area contributed by atoms with Gasteiger partial charge < -0.3 is 14.4 Å². The molecule has 200 valence electrons. The van der Waals surface area contributed by atoms with Gasteiger partial charge >= 0.3 is 0 Å². The molecule has 0 saturated heterocycles. The number of phenolic OH excluding ortho intramolecular Hbond substituents is 1. The molecular weight excluding hydrogens is 514 g/mol. The van der Waals surface area contributed by atoms with Gasteiger partial charge in [-0.1, -0.05) is 91.0 Å². The molecule has 42 heavy (non-hydrogen) atoms. The third kappa shape index (κ3) is 3.82. The van der Waals surface area contributed by atoms with Gasteiger partial charge in [-0.15, -0.1) is 0 Å². The molecule has 8 rings (SSSR count). The van der Waals surface area contributed by atoms with Gasteiger partial charge in [0.05, 0.1) is 5.69 Å². The molecule has 3 heteroatoms. The van der Waals surface area contributed by atoms with E-state index in [2.05, 4.69) is 115 Å². The van der Waals surface area contributed by atoms with Crippen LogP contribution in [0.3, 0.4) is 0 Å². The van der Waals surface area contributed by atoms with Crippen molar-refractivity contribution >= 4 is 60.5 Å². The summed E-state index contributed by atoms with van der Waals surface area (Å²) >= 11 is 0. The highest BCUT2D eigenvalue weighted by Gasteiger charge is 2.20. The van der Waals surface area contributed by atoms with Crippen LogP contribution in [0, 0.1) is 6.92 Å². The minimum atomic E-state index is 0.281. The Kier molecular flexibility index (Phi) is 5.51. The summed E-state index contributed by atoms with van der Waals surface area (Å²) in [5.74, 6) is 0.281. The number of aromatic hydroxyl groups is 1. The number of aryl methyl sites for hydroxylation is 1. The van der Waals surface area contributed by atoms with Crippen LogP contribution in [0.5, 0.6) is 5.75 Å². The van der Waals surface area contributed by atoms with Crippen molar-refractivity contribution in [2.45, 2.75) is 6.92 Å². The zero-order chi connectivity index (χ0) is 28.2. The molecule has 0 unspecified atom stereocenters. The van der Waals surface area contributed by atoms with Gasteiger partial charge in [0.15, 0.2) is 0 Å². The summed E-state index contributed by atoms with van der Waals surface area (Å²) in [5.41, 5.74) is 7.87. The normalized spacial score (nSPS) is 11.5. The lowest BCUT2D eigenvalue weighted by Gasteiger charge is -2.28. The second kappa shape index (κ2) is 9.53. The van der Waals surface area contributed by atoms with Crippen LogP contribution in [0.15, 0.2) is 144 Å². The zero-order valence-corrected chi connectivity index (χ0v) is 23.1. The lowest BCUT2D eigenvalue weighted by molar-refractivity contribution is 0.477. The number of benzene rings is 7. The third-order valence-electron chi connectivity index (χ3n) is 8.27. The highest BCUT2D eigenvalue weighted by molar-refractivity contribution is 6.15. The van der Waals surface area contributed by atoms with E-state index in [0.717, 1.165) is 55.7 Å². The van der Waals surface area contributed by atoms with Gasteiger partial charge in [0.2, 0.25) is 0 Å². The minimum Gasteiger partial charge on any atom is -0.507 e. The second-order valence-electron chi connectivity index (χ2n) is 10.8. The zero-order valence-electron chi connectivity index (χ0n) is 23.1. The number of nitrogens with zero attached hydrogens (tertiary/aromatic N) is 1. The first kappa shape index (κ1) is 24.3. The quantitative estimate of drug-likeness (QED) is 0.225. The van der Waals surface area contributed by atoms with Crippen LogP contribution in [0.25, 0.3) is 54.6 Å². The number of hydrogen-bond acceptors (Lipinski definition) is 3. The van der Waals surface area contributed by atoms with Gasteiger partial charge in [0.1, 0.15) is 16.9 Å². The molecule has 3 nitrogen and oxygen atoms in total. The average Bonchev–Trinajstić information content (AvgIpc) is 3.40. The predicted octanol–water partition coefficient (Wildman–Crippen LogP) is 11.0. The molecule has 0 amide bonds. The molecule has 0 aliphatic heterocycles. The molecule has 0 fully saturated rings. The Labute approximate surface area is 243 Å². The fraction of sp³-hybridized carbons (Fsp3) is 0.0256. The van der Waals surface area contributed by atoms with Gasteiger partial charge in [-0.2, -0.15) is 0 Å². The molecule has 0 saturated carbocycles. The summed E-state index contributed by atoms with van der Waals surface area (Å²) in [5, 5.41) is 17.6. The third-order valence-corrected chi connectivity index (χ3v) is 8.27. The first-order valence-electron chi connectivity index (χ1n) is 14.2. The molecule has 0 radical (unpaired) electrons. The molecule has 0 aliphatic carbocycles. The van der Waals surface area contributed by atoms with E-state index in [-0.39, 0.29) is 5.75 Å². The Morgan fingerprint density at radius 1 is 0.500 bits per heavy atom. The van der Waals surface area contributed by atoms with E-state index in [4.69, 9.17) is 4.42 Å². The van der Waals surface area contributed by atoms with Gasteiger partial charge in [-0.25, -0.2) is 0 Å². The van der Waals surface area contributed by atoms with Gasteiger partial charge in [-0.3, -0.25) is 0 Å². The van der Waals surface area contributed by atoms with E-state index >= 15 is 0 Å². The number of para-hydroxylation sites is 2. The first-order valence-corrected chi connectivity index (χ1v) is 14.2. The van der Waals surface area contributed by atoms with Crippen molar-refractivity contribution in [3.05, 3.63) is 145 Å². The van der Waals surface area contributed by atoms with Crippen molar-refractivity contribution in [3.63, 3.8) is 0 Å². The molecule has 1 N–H and O–H groups in total. The van der Waals surface area contributed by atoms with Crippen molar-refractivity contribution in [2.24, 2.45) is 0 Å². The molecule has 1 heterocycles. The van der Waals surface area contributed by atoms with E-state index in [1.165, 1.54) is 21.5 Å². The lowest BCUT2D eigenvalue weighted by atomic mass is 9.97. The van der Waals surface area contributed by atoms with Crippen molar-refractivity contribution < 1.29 is 9.52 Å². The Balaban J connectivity index is 1.41. The van der Waals surface area contributed by atoms with Gasteiger partial charge in [0, 0.05) is 33.1 Å². The van der Waals surface area contributed by atoms with E-state index in [9.17, 15) is 5.11 Å². The maximum atomic E-state index is 10.6. The van der Waals surface area contributed by atoms with Crippen LogP contribution < -0.4 is 4.90 Å². The summed E-state index contributed by atoms with van der Waals surface area (Å²) in [7, 11) is 0. The molecule has 0 bridgehead atoms. The number of phenols is 1. The number of anilines is 3. The smallest absolute Gasteiger partial charge is 0.135 e. The van der Waals surface area contributed by atoms with E-state index < -0.39 is 0 Å². The summed E-state index contributed by atoms with van der Waals surface area (Å²) in [6.45, 7) is 2.11. The largest absolute Gasteiger partial charge is 0.507 e. The van der Waals surface area contributed by atoms with E-state index in [0.29, 0.717) is 0 Å². The number of fused-ring (bicyclic) bond motifs is 6. The van der Waals surface area contributed by atoms with Crippen LogP contribution in [0.4, 0.5) is 17.1 Å².